The topological polar surface area (TPSA) is 64.3 Å². The lowest BCUT2D eigenvalue weighted by Crippen LogP contribution is -2.36. The van der Waals surface area contributed by atoms with Gasteiger partial charge in [-0.05, 0) is 37.1 Å². The van der Waals surface area contributed by atoms with Crippen LogP contribution in [0.1, 0.15) is 26.2 Å². The third kappa shape index (κ3) is 4.34. The normalized spacial score (nSPS) is 21.6. The summed E-state index contributed by atoms with van der Waals surface area (Å²) >= 11 is 1.98. The molecule has 1 aromatic carbocycles. The number of benzene rings is 1. The van der Waals surface area contributed by atoms with E-state index in [9.17, 15) is 4.79 Å². The molecule has 0 spiro atoms. The number of hydrogen-bond donors (Lipinski definition) is 2. The van der Waals surface area contributed by atoms with Gasteiger partial charge in [0.05, 0.1) is 5.69 Å². The summed E-state index contributed by atoms with van der Waals surface area (Å²) in [4.78, 5) is 11.9. The first kappa shape index (κ1) is 15.0. The molecule has 5 heteroatoms. The zero-order valence-electron chi connectivity index (χ0n) is 11.8. The van der Waals surface area contributed by atoms with Gasteiger partial charge in [-0.2, -0.15) is 11.8 Å². The number of nitrogen functional groups attached to an aromatic ring is 1. The first-order valence-corrected chi connectivity index (χ1v) is 8.12. The minimum atomic E-state index is -0.0691. The van der Waals surface area contributed by atoms with E-state index in [1.807, 2.05) is 23.9 Å². The zero-order valence-corrected chi connectivity index (χ0v) is 12.6. The van der Waals surface area contributed by atoms with E-state index in [2.05, 4.69) is 12.2 Å². The number of rotatable bonds is 6. The van der Waals surface area contributed by atoms with Gasteiger partial charge in [-0.25, -0.2) is 0 Å². The maximum atomic E-state index is 11.9. The average Bonchev–Trinajstić information content (AvgIpc) is 2.85. The lowest BCUT2D eigenvalue weighted by Gasteiger charge is -2.14. The second-order valence-electron chi connectivity index (χ2n) is 4.98. The maximum absolute atomic E-state index is 11.9. The molecule has 4 nitrogen and oxygen atoms in total. The Kier molecular flexibility index (Phi) is 5.59. The fourth-order valence-corrected chi connectivity index (χ4v) is 3.63. The van der Waals surface area contributed by atoms with Crippen molar-refractivity contribution in [2.24, 2.45) is 0 Å². The SMILES string of the molecule is CCSC1CCC(NC(=O)COc2ccccc2N)C1. The van der Waals surface area contributed by atoms with Gasteiger partial charge in [-0.15, -0.1) is 0 Å². The lowest BCUT2D eigenvalue weighted by molar-refractivity contribution is -0.123. The van der Waals surface area contributed by atoms with Crippen LogP contribution in [-0.4, -0.2) is 29.6 Å². The highest BCUT2D eigenvalue weighted by molar-refractivity contribution is 7.99. The van der Waals surface area contributed by atoms with Crippen LogP contribution in [0.15, 0.2) is 24.3 Å². The van der Waals surface area contributed by atoms with Crippen LogP contribution in [0.4, 0.5) is 5.69 Å². The Labute approximate surface area is 124 Å². The van der Waals surface area contributed by atoms with Gasteiger partial charge in [0, 0.05) is 11.3 Å². The number of nitrogens with one attached hydrogen (secondary N) is 1. The van der Waals surface area contributed by atoms with E-state index in [4.69, 9.17) is 10.5 Å². The number of thioether (sulfide) groups is 1. The lowest BCUT2D eigenvalue weighted by atomic mass is 10.2. The molecule has 2 unspecified atom stereocenters. The molecule has 1 aliphatic carbocycles. The number of carbonyl (C=O) groups is 1. The highest BCUT2D eigenvalue weighted by Gasteiger charge is 2.25. The molecule has 1 aliphatic rings. The van der Waals surface area contributed by atoms with Crippen LogP contribution >= 0.6 is 11.8 Å². The molecular weight excluding hydrogens is 272 g/mol. The first-order valence-electron chi connectivity index (χ1n) is 7.07. The van der Waals surface area contributed by atoms with Gasteiger partial charge in [0.25, 0.3) is 5.91 Å². The number of para-hydroxylation sites is 2. The fraction of sp³-hybridized carbons (Fsp3) is 0.533. The van der Waals surface area contributed by atoms with E-state index in [-0.39, 0.29) is 12.5 Å². The highest BCUT2D eigenvalue weighted by Crippen LogP contribution is 2.29. The van der Waals surface area contributed by atoms with Gasteiger partial charge in [0.15, 0.2) is 6.61 Å². The largest absolute Gasteiger partial charge is 0.482 e. The van der Waals surface area contributed by atoms with Crippen LogP contribution in [-0.2, 0) is 4.79 Å². The second-order valence-corrected chi connectivity index (χ2v) is 6.56. The smallest absolute Gasteiger partial charge is 0.258 e. The molecule has 0 radical (unpaired) electrons. The van der Waals surface area contributed by atoms with E-state index >= 15 is 0 Å². The van der Waals surface area contributed by atoms with Crippen molar-refractivity contribution >= 4 is 23.4 Å². The second kappa shape index (κ2) is 7.43. The number of nitrogens with two attached hydrogens (primary N) is 1. The van der Waals surface area contributed by atoms with Crippen molar-refractivity contribution in [2.75, 3.05) is 18.1 Å². The molecular formula is C15H22N2O2S. The Hall–Kier alpha value is -1.36. The third-order valence-corrected chi connectivity index (χ3v) is 4.66. The van der Waals surface area contributed by atoms with Crippen LogP contribution < -0.4 is 15.8 Å². The standard InChI is InChI=1S/C15H22N2O2S/c1-2-20-12-8-7-11(9-12)17-15(18)10-19-14-6-4-3-5-13(14)16/h3-6,11-12H,2,7-10,16H2,1H3,(H,17,18). The molecule has 0 heterocycles. The molecule has 0 aliphatic heterocycles. The van der Waals surface area contributed by atoms with Crippen LogP contribution in [0, 0.1) is 0 Å². The fourth-order valence-electron chi connectivity index (χ4n) is 2.48. The molecule has 1 fully saturated rings. The Morgan fingerprint density at radius 1 is 1.45 bits per heavy atom. The van der Waals surface area contributed by atoms with Crippen molar-refractivity contribution in [1.29, 1.82) is 0 Å². The number of anilines is 1. The van der Waals surface area contributed by atoms with E-state index in [1.54, 1.807) is 12.1 Å². The van der Waals surface area contributed by atoms with Gasteiger partial charge in [-0.1, -0.05) is 19.1 Å². The minimum absolute atomic E-state index is 0.0241. The van der Waals surface area contributed by atoms with Crippen LogP contribution in [0.25, 0.3) is 0 Å². The zero-order chi connectivity index (χ0) is 14.4. The summed E-state index contributed by atoms with van der Waals surface area (Å²) in [5.74, 6) is 1.63. The first-order chi connectivity index (χ1) is 9.69. The minimum Gasteiger partial charge on any atom is -0.482 e. The van der Waals surface area contributed by atoms with Gasteiger partial charge in [-0.3, -0.25) is 4.79 Å². The molecule has 0 bridgehead atoms. The van der Waals surface area contributed by atoms with Gasteiger partial charge < -0.3 is 15.8 Å². The molecule has 3 N–H and O–H groups in total. The van der Waals surface area contributed by atoms with Crippen molar-refractivity contribution < 1.29 is 9.53 Å². The molecule has 1 aromatic rings. The van der Waals surface area contributed by atoms with Crippen molar-refractivity contribution in [3.63, 3.8) is 0 Å². The maximum Gasteiger partial charge on any atom is 0.258 e. The molecule has 1 amide bonds. The molecule has 1 saturated carbocycles. The number of hydrogen-bond acceptors (Lipinski definition) is 4. The molecule has 2 rings (SSSR count). The summed E-state index contributed by atoms with van der Waals surface area (Å²) in [5, 5.41) is 3.73. The van der Waals surface area contributed by atoms with Crippen molar-refractivity contribution in [3.8, 4) is 5.75 Å². The van der Waals surface area contributed by atoms with E-state index < -0.39 is 0 Å². The molecule has 0 aromatic heterocycles. The molecule has 20 heavy (non-hydrogen) atoms. The summed E-state index contributed by atoms with van der Waals surface area (Å²) in [7, 11) is 0. The predicted molar refractivity (Wildman–Crippen MR) is 84.1 cm³/mol. The molecule has 0 saturated heterocycles. The Balaban J connectivity index is 1.72. The highest BCUT2D eigenvalue weighted by atomic mass is 32.2. The van der Waals surface area contributed by atoms with Crippen molar-refractivity contribution in [3.05, 3.63) is 24.3 Å². The number of carbonyl (C=O) groups excluding carboxylic acids is 1. The monoisotopic (exact) mass is 294 g/mol. The summed E-state index contributed by atoms with van der Waals surface area (Å²) in [6.07, 6.45) is 3.32. The van der Waals surface area contributed by atoms with Gasteiger partial charge in [0.1, 0.15) is 5.75 Å². The van der Waals surface area contributed by atoms with E-state index in [0.29, 0.717) is 22.7 Å². The van der Waals surface area contributed by atoms with Gasteiger partial charge >= 0.3 is 0 Å². The molecule has 2 atom stereocenters. The summed E-state index contributed by atoms with van der Waals surface area (Å²) in [6.45, 7) is 2.20. The Morgan fingerprint density at radius 2 is 2.25 bits per heavy atom. The Bertz CT molecular complexity index is 453. The van der Waals surface area contributed by atoms with E-state index in [0.717, 1.165) is 18.6 Å². The predicted octanol–water partition coefficient (Wildman–Crippen LogP) is 2.44. The quantitative estimate of drug-likeness (QED) is 0.791. The van der Waals surface area contributed by atoms with Crippen molar-refractivity contribution in [2.45, 2.75) is 37.5 Å². The summed E-state index contributed by atoms with van der Waals surface area (Å²) in [6, 6.07) is 7.51. The average molecular weight is 294 g/mol. The van der Waals surface area contributed by atoms with Crippen LogP contribution in [0.2, 0.25) is 0 Å². The van der Waals surface area contributed by atoms with Crippen LogP contribution in [0.3, 0.4) is 0 Å². The number of ether oxygens (including phenoxy) is 1. The van der Waals surface area contributed by atoms with E-state index in [1.165, 1.54) is 6.42 Å². The molecule has 110 valence electrons. The summed E-state index contributed by atoms with van der Waals surface area (Å²) in [5.41, 5.74) is 6.32. The van der Waals surface area contributed by atoms with Crippen LogP contribution in [0.5, 0.6) is 5.75 Å². The number of amides is 1. The van der Waals surface area contributed by atoms with Crippen molar-refractivity contribution in [1.82, 2.24) is 5.32 Å². The van der Waals surface area contributed by atoms with Gasteiger partial charge in [0.2, 0.25) is 0 Å². The third-order valence-electron chi connectivity index (χ3n) is 3.43. The Morgan fingerprint density at radius 3 is 3.00 bits per heavy atom. The summed E-state index contributed by atoms with van der Waals surface area (Å²) < 4.78 is 5.44.